The number of hydrogen-bond donors (Lipinski definition) is 2. The molecule has 41 heavy (non-hydrogen) atoms. The standard InChI is InChI=1S/C31H22BrCl2N5OS/c1-18-7-2-4-11-24(18)35-27-17-41-31(38-27)39-28(36-26-14-13-20(32)16-21(26)30(39)40)15-19-8-3-5-12-25(19)37-29-22(33)9-6-10-23(29)34/h2-14,16-17,35,37H,15H2,1H3. The van der Waals surface area contributed by atoms with E-state index in [4.69, 9.17) is 33.2 Å². The van der Waals surface area contributed by atoms with Gasteiger partial charge in [0.25, 0.3) is 5.56 Å². The summed E-state index contributed by atoms with van der Waals surface area (Å²) in [4.78, 5) is 23.7. The Morgan fingerprint density at radius 3 is 2.39 bits per heavy atom. The second kappa shape index (κ2) is 11.7. The Labute approximate surface area is 258 Å². The first-order valence-corrected chi connectivity index (χ1v) is 15.1. The van der Waals surface area contributed by atoms with Crippen LogP contribution in [0.4, 0.5) is 22.9 Å². The lowest BCUT2D eigenvalue weighted by atomic mass is 10.1. The van der Waals surface area contributed by atoms with Gasteiger partial charge < -0.3 is 10.6 Å². The molecule has 0 amide bonds. The lowest BCUT2D eigenvalue weighted by Crippen LogP contribution is -2.24. The van der Waals surface area contributed by atoms with Gasteiger partial charge in [0.2, 0.25) is 0 Å². The van der Waals surface area contributed by atoms with Crippen molar-refractivity contribution in [1.82, 2.24) is 14.5 Å². The van der Waals surface area contributed by atoms with Crippen molar-refractivity contribution in [2.75, 3.05) is 10.6 Å². The topological polar surface area (TPSA) is 71.8 Å². The van der Waals surface area contributed by atoms with Crippen LogP contribution in [0.1, 0.15) is 17.0 Å². The molecule has 0 bridgehead atoms. The fraction of sp³-hybridized carbons (Fsp3) is 0.0645. The number of rotatable bonds is 7. The summed E-state index contributed by atoms with van der Waals surface area (Å²) in [6, 6.07) is 26.7. The number of hydrogen-bond acceptors (Lipinski definition) is 6. The summed E-state index contributed by atoms with van der Waals surface area (Å²) in [6.45, 7) is 2.03. The molecule has 0 unspecified atom stereocenters. The van der Waals surface area contributed by atoms with E-state index in [1.807, 2.05) is 73.0 Å². The molecular weight excluding hydrogens is 641 g/mol. The molecule has 6 nitrogen and oxygen atoms in total. The van der Waals surface area contributed by atoms with Crippen LogP contribution in [0.2, 0.25) is 10.0 Å². The van der Waals surface area contributed by atoms with E-state index >= 15 is 0 Å². The van der Waals surface area contributed by atoms with Crippen molar-refractivity contribution in [2.24, 2.45) is 0 Å². The maximum absolute atomic E-state index is 14.0. The average Bonchev–Trinajstić information content (AvgIpc) is 3.41. The van der Waals surface area contributed by atoms with Crippen molar-refractivity contribution in [3.8, 4) is 5.13 Å². The largest absolute Gasteiger partial charge is 0.353 e. The van der Waals surface area contributed by atoms with Crippen LogP contribution in [-0.2, 0) is 6.42 Å². The first kappa shape index (κ1) is 27.5. The number of halogens is 3. The van der Waals surface area contributed by atoms with Gasteiger partial charge in [-0.3, -0.25) is 4.79 Å². The fourth-order valence-corrected chi connectivity index (χ4v) is 6.14. The van der Waals surface area contributed by atoms with Gasteiger partial charge in [-0.15, -0.1) is 11.3 Å². The number of nitrogens with zero attached hydrogens (tertiary/aromatic N) is 3. The molecular formula is C31H22BrCl2N5OS. The Morgan fingerprint density at radius 2 is 1.61 bits per heavy atom. The van der Waals surface area contributed by atoms with Crippen LogP contribution in [0.5, 0.6) is 0 Å². The average molecular weight is 663 g/mol. The van der Waals surface area contributed by atoms with Crippen molar-refractivity contribution in [3.63, 3.8) is 0 Å². The van der Waals surface area contributed by atoms with Gasteiger partial charge in [0.05, 0.1) is 26.6 Å². The van der Waals surface area contributed by atoms with Crippen LogP contribution in [0.25, 0.3) is 16.0 Å². The maximum Gasteiger partial charge on any atom is 0.267 e. The van der Waals surface area contributed by atoms with Gasteiger partial charge in [0.1, 0.15) is 11.6 Å². The third-order valence-corrected chi connectivity index (χ3v) is 8.53. The number of anilines is 4. The molecule has 6 rings (SSSR count). The number of thiazole rings is 1. The summed E-state index contributed by atoms with van der Waals surface area (Å²) in [5.74, 6) is 1.21. The molecule has 0 radical (unpaired) electrons. The molecule has 10 heteroatoms. The molecule has 204 valence electrons. The molecule has 0 atom stereocenters. The minimum Gasteiger partial charge on any atom is -0.353 e. The molecule has 0 fully saturated rings. The molecule has 2 aromatic heterocycles. The molecule has 0 saturated carbocycles. The van der Waals surface area contributed by atoms with Gasteiger partial charge in [-0.25, -0.2) is 14.5 Å². The predicted octanol–water partition coefficient (Wildman–Crippen LogP) is 9.30. The number of para-hydroxylation sites is 3. The highest BCUT2D eigenvalue weighted by atomic mass is 79.9. The molecule has 0 spiro atoms. The summed E-state index contributed by atoms with van der Waals surface area (Å²) in [7, 11) is 0. The molecule has 0 aliphatic carbocycles. The van der Waals surface area contributed by atoms with Gasteiger partial charge >= 0.3 is 0 Å². The number of nitrogens with one attached hydrogen (secondary N) is 2. The van der Waals surface area contributed by atoms with Crippen LogP contribution in [0.15, 0.2) is 99.6 Å². The summed E-state index contributed by atoms with van der Waals surface area (Å²) < 4.78 is 2.40. The second-order valence-electron chi connectivity index (χ2n) is 9.34. The van der Waals surface area contributed by atoms with Gasteiger partial charge in [-0.1, -0.05) is 81.6 Å². The third kappa shape index (κ3) is 5.74. The van der Waals surface area contributed by atoms with Crippen LogP contribution >= 0.6 is 50.5 Å². The summed E-state index contributed by atoms with van der Waals surface area (Å²) >= 11 is 17.8. The van der Waals surface area contributed by atoms with Crippen LogP contribution in [-0.4, -0.2) is 14.5 Å². The highest BCUT2D eigenvalue weighted by molar-refractivity contribution is 9.10. The monoisotopic (exact) mass is 661 g/mol. The van der Waals surface area contributed by atoms with E-state index in [1.165, 1.54) is 11.3 Å². The highest BCUT2D eigenvalue weighted by Crippen LogP contribution is 2.34. The third-order valence-electron chi connectivity index (χ3n) is 6.58. The molecule has 0 aliphatic heterocycles. The van der Waals surface area contributed by atoms with Gasteiger partial charge in [-0.2, -0.15) is 0 Å². The molecule has 6 aromatic rings. The number of aryl methyl sites for hydroxylation is 1. The van der Waals surface area contributed by atoms with E-state index in [1.54, 1.807) is 28.8 Å². The first-order chi connectivity index (χ1) is 19.9. The first-order valence-electron chi connectivity index (χ1n) is 12.7. The van der Waals surface area contributed by atoms with E-state index in [9.17, 15) is 4.79 Å². The van der Waals surface area contributed by atoms with Crippen LogP contribution in [0, 0.1) is 6.92 Å². The van der Waals surface area contributed by atoms with Crippen LogP contribution in [0.3, 0.4) is 0 Å². The summed E-state index contributed by atoms with van der Waals surface area (Å²) in [5.41, 5.74) is 4.80. The Morgan fingerprint density at radius 1 is 0.878 bits per heavy atom. The SMILES string of the molecule is Cc1ccccc1Nc1csc(-n2c(Cc3ccccc3Nc3c(Cl)cccc3Cl)nc3ccc(Br)cc3c2=O)n1. The fourth-order valence-electron chi connectivity index (χ4n) is 4.51. The van der Waals surface area contributed by atoms with E-state index in [0.29, 0.717) is 49.8 Å². The molecule has 2 N–H and O–H groups in total. The molecule has 0 saturated heterocycles. The lowest BCUT2D eigenvalue weighted by Gasteiger charge is -2.16. The Balaban J connectivity index is 1.45. The Kier molecular flexibility index (Phi) is 7.81. The zero-order chi connectivity index (χ0) is 28.5. The maximum atomic E-state index is 14.0. The van der Waals surface area contributed by atoms with Crippen molar-refractivity contribution in [1.29, 1.82) is 0 Å². The van der Waals surface area contributed by atoms with Crippen molar-refractivity contribution in [2.45, 2.75) is 13.3 Å². The summed E-state index contributed by atoms with van der Waals surface area (Å²) in [5, 5.41) is 10.7. The molecule has 2 heterocycles. The smallest absolute Gasteiger partial charge is 0.267 e. The van der Waals surface area contributed by atoms with Crippen molar-refractivity contribution >= 4 is 84.3 Å². The highest BCUT2D eigenvalue weighted by Gasteiger charge is 2.18. The zero-order valence-corrected chi connectivity index (χ0v) is 25.6. The normalized spacial score (nSPS) is 11.1. The lowest BCUT2D eigenvalue weighted by molar-refractivity contribution is 0.844. The zero-order valence-electron chi connectivity index (χ0n) is 21.7. The van der Waals surface area contributed by atoms with Gasteiger partial charge in [-0.05, 0) is 60.5 Å². The number of benzene rings is 4. The minimum atomic E-state index is -0.192. The van der Waals surface area contributed by atoms with E-state index in [0.717, 1.165) is 27.0 Å². The predicted molar refractivity (Wildman–Crippen MR) is 174 cm³/mol. The van der Waals surface area contributed by atoms with Crippen molar-refractivity contribution in [3.05, 3.63) is 132 Å². The molecule has 4 aromatic carbocycles. The Hall–Kier alpha value is -3.69. The van der Waals surface area contributed by atoms with E-state index in [2.05, 4.69) is 26.6 Å². The number of fused-ring (bicyclic) bond motifs is 1. The second-order valence-corrected chi connectivity index (χ2v) is 11.9. The summed E-state index contributed by atoms with van der Waals surface area (Å²) in [6.07, 6.45) is 0.354. The Bertz CT molecular complexity index is 1950. The molecule has 0 aliphatic rings. The number of aromatic nitrogens is 3. The van der Waals surface area contributed by atoms with E-state index in [-0.39, 0.29) is 5.56 Å². The van der Waals surface area contributed by atoms with E-state index < -0.39 is 0 Å². The van der Waals surface area contributed by atoms with Crippen LogP contribution < -0.4 is 16.2 Å². The van der Waals surface area contributed by atoms with Crippen molar-refractivity contribution < 1.29 is 0 Å². The van der Waals surface area contributed by atoms with Gasteiger partial charge in [0, 0.05) is 27.6 Å². The van der Waals surface area contributed by atoms with Gasteiger partial charge in [0.15, 0.2) is 5.13 Å². The quantitative estimate of drug-likeness (QED) is 0.178. The minimum absolute atomic E-state index is 0.192.